The summed E-state index contributed by atoms with van der Waals surface area (Å²) in [7, 11) is 1.72. The van der Waals surface area contributed by atoms with Crippen LogP contribution < -0.4 is 10.6 Å². The summed E-state index contributed by atoms with van der Waals surface area (Å²) in [5, 5.41) is 17.4. The van der Waals surface area contributed by atoms with E-state index >= 15 is 0 Å². The number of anilines is 1. The second kappa shape index (κ2) is 5.15. The first-order valence-corrected chi connectivity index (χ1v) is 4.83. The lowest BCUT2D eigenvalue weighted by Gasteiger charge is -2.11. The van der Waals surface area contributed by atoms with E-state index in [0.717, 1.165) is 0 Å². The van der Waals surface area contributed by atoms with Crippen molar-refractivity contribution in [2.24, 2.45) is 7.05 Å². The molecule has 1 heterocycles. The Balaban J connectivity index is 2.50. The fourth-order valence-electron chi connectivity index (χ4n) is 1.13. The van der Waals surface area contributed by atoms with Crippen LogP contribution in [0.4, 0.5) is 10.6 Å². The van der Waals surface area contributed by atoms with E-state index in [2.05, 4.69) is 15.7 Å². The lowest BCUT2D eigenvalue weighted by Crippen LogP contribution is -2.42. The van der Waals surface area contributed by atoms with Gasteiger partial charge in [0.1, 0.15) is 6.04 Å². The van der Waals surface area contributed by atoms with E-state index in [-0.39, 0.29) is 0 Å². The Morgan fingerprint density at radius 2 is 2.31 bits per heavy atom. The molecular weight excluding hydrogens is 212 g/mol. The van der Waals surface area contributed by atoms with E-state index in [1.165, 1.54) is 4.68 Å². The molecule has 2 amide bonds. The molecule has 1 atom stereocenters. The lowest BCUT2D eigenvalue weighted by atomic mass is 10.2. The van der Waals surface area contributed by atoms with Crippen LogP contribution >= 0.6 is 0 Å². The van der Waals surface area contributed by atoms with Gasteiger partial charge in [0.15, 0.2) is 5.82 Å². The highest BCUT2D eigenvalue weighted by atomic mass is 16.4. The maximum Gasteiger partial charge on any atom is 0.326 e. The molecule has 0 aliphatic heterocycles. The van der Waals surface area contributed by atoms with Gasteiger partial charge in [0, 0.05) is 19.3 Å². The molecule has 0 aromatic carbocycles. The molecule has 0 unspecified atom stereocenters. The summed E-state index contributed by atoms with van der Waals surface area (Å²) in [5.41, 5.74) is 0. The summed E-state index contributed by atoms with van der Waals surface area (Å²) in [5.74, 6) is -0.682. The minimum absolute atomic E-state index is 0.324. The second-order valence-electron chi connectivity index (χ2n) is 3.27. The highest BCUT2D eigenvalue weighted by Gasteiger charge is 2.17. The minimum atomic E-state index is -1.06. The van der Waals surface area contributed by atoms with Crippen molar-refractivity contribution >= 4 is 17.8 Å². The smallest absolute Gasteiger partial charge is 0.326 e. The van der Waals surface area contributed by atoms with E-state index in [1.807, 2.05) is 0 Å². The van der Waals surface area contributed by atoms with Gasteiger partial charge in [-0.2, -0.15) is 5.10 Å². The summed E-state index contributed by atoms with van der Waals surface area (Å²) in [4.78, 5) is 22.0. The Kier molecular flexibility index (Phi) is 3.87. The molecule has 7 nitrogen and oxygen atoms in total. The van der Waals surface area contributed by atoms with Crippen molar-refractivity contribution in [2.45, 2.75) is 19.4 Å². The zero-order chi connectivity index (χ0) is 12.1. The number of aryl methyl sites for hydroxylation is 1. The number of nitrogens with one attached hydrogen (secondary N) is 2. The molecule has 0 bridgehead atoms. The molecule has 0 saturated heterocycles. The van der Waals surface area contributed by atoms with Gasteiger partial charge in [-0.05, 0) is 6.42 Å². The van der Waals surface area contributed by atoms with Crippen molar-refractivity contribution < 1.29 is 14.7 Å². The Hall–Kier alpha value is -2.05. The molecule has 1 aromatic heterocycles. The molecule has 0 aliphatic carbocycles. The number of nitrogens with zero attached hydrogens (tertiary/aromatic N) is 2. The van der Waals surface area contributed by atoms with Crippen molar-refractivity contribution in [3.8, 4) is 0 Å². The normalized spacial score (nSPS) is 11.9. The Labute approximate surface area is 92.4 Å². The number of carbonyl (C=O) groups excluding carboxylic acids is 1. The van der Waals surface area contributed by atoms with E-state index in [0.29, 0.717) is 12.2 Å². The number of rotatable bonds is 4. The molecule has 0 aliphatic rings. The third-order valence-electron chi connectivity index (χ3n) is 1.97. The fraction of sp³-hybridized carbons (Fsp3) is 0.444. The van der Waals surface area contributed by atoms with Gasteiger partial charge in [0.2, 0.25) is 0 Å². The molecule has 16 heavy (non-hydrogen) atoms. The predicted molar refractivity (Wildman–Crippen MR) is 57.1 cm³/mol. The van der Waals surface area contributed by atoms with Crippen LogP contribution in [0, 0.1) is 0 Å². The van der Waals surface area contributed by atoms with E-state index in [4.69, 9.17) is 5.11 Å². The number of carboxylic acids is 1. The first-order valence-electron chi connectivity index (χ1n) is 4.83. The first-order chi connectivity index (χ1) is 7.52. The van der Waals surface area contributed by atoms with Gasteiger partial charge >= 0.3 is 12.0 Å². The molecule has 1 rings (SSSR count). The Bertz CT molecular complexity index is 388. The maximum atomic E-state index is 11.4. The van der Waals surface area contributed by atoms with E-state index in [9.17, 15) is 9.59 Å². The molecule has 0 fully saturated rings. The zero-order valence-corrected chi connectivity index (χ0v) is 9.10. The molecule has 0 saturated carbocycles. The monoisotopic (exact) mass is 226 g/mol. The van der Waals surface area contributed by atoms with Crippen molar-refractivity contribution in [3.05, 3.63) is 12.3 Å². The van der Waals surface area contributed by atoms with Gasteiger partial charge in [0.05, 0.1) is 0 Å². The number of hydrogen-bond donors (Lipinski definition) is 3. The van der Waals surface area contributed by atoms with Crippen LogP contribution in [0.15, 0.2) is 12.3 Å². The Morgan fingerprint density at radius 1 is 1.62 bits per heavy atom. The van der Waals surface area contributed by atoms with Crippen LogP contribution in [0.5, 0.6) is 0 Å². The Morgan fingerprint density at radius 3 is 2.75 bits per heavy atom. The standard InChI is InChI=1S/C9H14N4O3/c1-3-6(8(14)15)10-9(16)11-7-4-5-13(2)12-7/h4-6H,3H2,1-2H3,(H,14,15)(H2,10,11,12,16)/t6-/m0/s1. The predicted octanol–water partition coefficient (Wildman–Crippen LogP) is 0.405. The number of carbonyl (C=O) groups is 2. The fourth-order valence-corrected chi connectivity index (χ4v) is 1.13. The second-order valence-corrected chi connectivity index (χ2v) is 3.27. The minimum Gasteiger partial charge on any atom is -0.480 e. The summed E-state index contributed by atoms with van der Waals surface area (Å²) in [6.07, 6.45) is 2.00. The lowest BCUT2D eigenvalue weighted by molar-refractivity contribution is -0.139. The molecule has 7 heteroatoms. The van der Waals surface area contributed by atoms with Crippen LogP contribution in [0.3, 0.4) is 0 Å². The number of urea groups is 1. The topological polar surface area (TPSA) is 96.3 Å². The largest absolute Gasteiger partial charge is 0.480 e. The average Bonchev–Trinajstić information content (AvgIpc) is 2.60. The highest BCUT2D eigenvalue weighted by Crippen LogP contribution is 2.00. The van der Waals surface area contributed by atoms with Gasteiger partial charge in [-0.25, -0.2) is 9.59 Å². The molecule has 1 aromatic rings. The van der Waals surface area contributed by atoms with Gasteiger partial charge in [-0.1, -0.05) is 6.92 Å². The maximum absolute atomic E-state index is 11.4. The first kappa shape index (κ1) is 12.0. The van der Waals surface area contributed by atoms with Gasteiger partial charge in [-0.3, -0.25) is 10.00 Å². The summed E-state index contributed by atoms with van der Waals surface area (Å²) < 4.78 is 1.53. The van der Waals surface area contributed by atoms with E-state index in [1.54, 1.807) is 26.2 Å². The number of aliphatic carboxylic acids is 1. The highest BCUT2D eigenvalue weighted by molar-refractivity contribution is 5.91. The van der Waals surface area contributed by atoms with E-state index < -0.39 is 18.0 Å². The van der Waals surface area contributed by atoms with Gasteiger partial charge < -0.3 is 10.4 Å². The zero-order valence-electron chi connectivity index (χ0n) is 9.10. The molecule has 0 radical (unpaired) electrons. The van der Waals surface area contributed by atoms with Crippen molar-refractivity contribution in [3.63, 3.8) is 0 Å². The van der Waals surface area contributed by atoms with Crippen LogP contribution in [-0.2, 0) is 11.8 Å². The van der Waals surface area contributed by atoms with Crippen LogP contribution in [0.1, 0.15) is 13.3 Å². The van der Waals surface area contributed by atoms with Crippen LogP contribution in [0.2, 0.25) is 0 Å². The van der Waals surface area contributed by atoms with Crippen LogP contribution in [-0.4, -0.2) is 32.9 Å². The summed E-state index contributed by atoms with van der Waals surface area (Å²) in [6.45, 7) is 1.68. The average molecular weight is 226 g/mol. The van der Waals surface area contributed by atoms with Crippen molar-refractivity contribution in [1.29, 1.82) is 0 Å². The van der Waals surface area contributed by atoms with Gasteiger partial charge in [0.25, 0.3) is 0 Å². The van der Waals surface area contributed by atoms with Crippen molar-refractivity contribution in [1.82, 2.24) is 15.1 Å². The number of carboxylic acid groups (broad SMARTS) is 1. The SMILES string of the molecule is CC[C@H](NC(=O)Nc1ccn(C)n1)C(=O)O. The van der Waals surface area contributed by atoms with Crippen molar-refractivity contribution in [2.75, 3.05) is 5.32 Å². The van der Waals surface area contributed by atoms with Crippen LogP contribution in [0.25, 0.3) is 0 Å². The number of aromatic nitrogens is 2. The van der Waals surface area contributed by atoms with Gasteiger partial charge in [-0.15, -0.1) is 0 Å². The summed E-state index contributed by atoms with van der Waals surface area (Å²) in [6, 6.07) is 0.151. The number of hydrogen-bond acceptors (Lipinski definition) is 3. The summed E-state index contributed by atoms with van der Waals surface area (Å²) >= 11 is 0. The molecule has 0 spiro atoms. The molecule has 3 N–H and O–H groups in total. The quantitative estimate of drug-likeness (QED) is 0.692. The number of amides is 2. The third-order valence-corrected chi connectivity index (χ3v) is 1.97. The molecular formula is C9H14N4O3. The molecule has 88 valence electrons. The third kappa shape index (κ3) is 3.26.